The molecule has 0 aliphatic carbocycles. The number of benzene rings is 5. The Morgan fingerprint density at radius 3 is 2.39 bits per heavy atom. The lowest BCUT2D eigenvalue weighted by Crippen LogP contribution is -2.52. The quantitative estimate of drug-likeness (QED) is 0.195. The minimum Gasteiger partial charge on any atom is -0.368 e. The number of amides is 3. The predicted molar refractivity (Wildman–Crippen MR) is 193 cm³/mol. The standard InChI is InChI=1S/C42H38N4O3/c1-28-21-23-45(38(41(43)48)27-33-15-7-13-31-12-5-6-18-36(31)33)42(49)40(35-16-8-14-32(26-35)30-10-3-2-4-11-30)46(28)39(47)25-29-19-20-37-34(24-29)17-9-22-44-37/h2-20,22,24,26,28,38,40H,21,23,25,27H2,1H3,(H2,43,48). The predicted octanol–water partition coefficient (Wildman–Crippen LogP) is 6.88. The molecule has 1 saturated heterocycles. The molecule has 49 heavy (non-hydrogen) atoms. The van der Waals surface area contributed by atoms with Gasteiger partial charge in [0.2, 0.25) is 11.8 Å². The second kappa shape index (κ2) is 13.7. The summed E-state index contributed by atoms with van der Waals surface area (Å²) >= 11 is 0. The van der Waals surface area contributed by atoms with Gasteiger partial charge in [0.15, 0.2) is 0 Å². The highest BCUT2D eigenvalue weighted by Gasteiger charge is 2.43. The number of fused-ring (bicyclic) bond motifs is 2. The zero-order chi connectivity index (χ0) is 33.9. The maximum atomic E-state index is 15.0. The molecule has 0 radical (unpaired) electrons. The second-order valence-corrected chi connectivity index (χ2v) is 12.8. The molecule has 7 rings (SSSR count). The van der Waals surface area contributed by atoms with Gasteiger partial charge in [-0.3, -0.25) is 19.4 Å². The number of nitrogens with zero attached hydrogens (tertiary/aromatic N) is 3. The summed E-state index contributed by atoms with van der Waals surface area (Å²) in [4.78, 5) is 50.5. The van der Waals surface area contributed by atoms with Gasteiger partial charge in [-0.05, 0) is 76.2 Å². The van der Waals surface area contributed by atoms with Crippen molar-refractivity contribution >= 4 is 39.4 Å². The molecular formula is C42H38N4O3. The van der Waals surface area contributed by atoms with Crippen molar-refractivity contribution in [3.63, 3.8) is 0 Å². The maximum Gasteiger partial charge on any atom is 0.250 e. The van der Waals surface area contributed by atoms with Crippen LogP contribution in [-0.4, -0.2) is 51.1 Å². The van der Waals surface area contributed by atoms with E-state index in [1.54, 1.807) is 16.0 Å². The molecule has 3 unspecified atom stereocenters. The number of hydrogen-bond acceptors (Lipinski definition) is 4. The molecule has 1 fully saturated rings. The number of primary amides is 1. The van der Waals surface area contributed by atoms with Crippen LogP contribution in [0.4, 0.5) is 0 Å². The molecule has 6 aromatic rings. The van der Waals surface area contributed by atoms with Crippen molar-refractivity contribution in [2.45, 2.75) is 44.3 Å². The largest absolute Gasteiger partial charge is 0.368 e. The smallest absolute Gasteiger partial charge is 0.250 e. The van der Waals surface area contributed by atoms with E-state index in [-0.39, 0.29) is 30.7 Å². The highest BCUT2D eigenvalue weighted by Crippen LogP contribution is 2.34. The maximum absolute atomic E-state index is 15.0. The fourth-order valence-corrected chi connectivity index (χ4v) is 7.17. The molecule has 0 bridgehead atoms. The minimum atomic E-state index is -0.954. The van der Waals surface area contributed by atoms with Gasteiger partial charge in [0.25, 0.3) is 5.91 Å². The summed E-state index contributed by atoms with van der Waals surface area (Å²) in [5.74, 6) is -1.05. The van der Waals surface area contributed by atoms with Crippen molar-refractivity contribution < 1.29 is 14.4 Å². The zero-order valence-electron chi connectivity index (χ0n) is 27.4. The van der Waals surface area contributed by atoms with Crippen molar-refractivity contribution in [3.8, 4) is 11.1 Å². The highest BCUT2D eigenvalue weighted by atomic mass is 16.2. The van der Waals surface area contributed by atoms with Crippen LogP contribution in [0, 0.1) is 0 Å². The molecular weight excluding hydrogens is 608 g/mol. The van der Waals surface area contributed by atoms with Gasteiger partial charge in [-0.15, -0.1) is 0 Å². The minimum absolute atomic E-state index is 0.118. The SMILES string of the molecule is CC1CCN(C(Cc2cccc3ccccc23)C(N)=O)C(=O)C(c2cccc(-c3ccccc3)c2)N1C(=O)Cc1ccc2ncccc2c1. The number of carbonyl (C=O) groups excluding carboxylic acids is 3. The van der Waals surface area contributed by atoms with Gasteiger partial charge in [0.1, 0.15) is 12.1 Å². The Hall–Kier alpha value is -5.82. The van der Waals surface area contributed by atoms with Crippen LogP contribution in [0.25, 0.3) is 32.8 Å². The number of pyridine rings is 1. The van der Waals surface area contributed by atoms with Crippen molar-refractivity contribution in [2.24, 2.45) is 5.73 Å². The first kappa shape index (κ1) is 31.8. The lowest BCUT2D eigenvalue weighted by molar-refractivity contribution is -0.148. The Labute approximate surface area is 286 Å². The molecule has 7 nitrogen and oxygen atoms in total. The van der Waals surface area contributed by atoms with E-state index in [0.29, 0.717) is 18.5 Å². The molecule has 1 aromatic heterocycles. The van der Waals surface area contributed by atoms with E-state index in [4.69, 9.17) is 5.73 Å². The van der Waals surface area contributed by atoms with Crippen LogP contribution in [-0.2, 0) is 27.2 Å². The lowest BCUT2D eigenvalue weighted by atomic mass is 9.95. The number of aromatic nitrogens is 1. The molecule has 1 aliphatic rings. The molecule has 5 aromatic carbocycles. The van der Waals surface area contributed by atoms with Gasteiger partial charge in [0.05, 0.1) is 11.9 Å². The van der Waals surface area contributed by atoms with E-state index in [0.717, 1.165) is 43.9 Å². The van der Waals surface area contributed by atoms with Crippen molar-refractivity contribution in [1.29, 1.82) is 0 Å². The summed E-state index contributed by atoms with van der Waals surface area (Å²) in [6.07, 6.45) is 2.63. The van der Waals surface area contributed by atoms with Crippen molar-refractivity contribution in [2.75, 3.05) is 6.54 Å². The van der Waals surface area contributed by atoms with Crippen LogP contribution in [0.1, 0.15) is 36.1 Å². The van der Waals surface area contributed by atoms with Gasteiger partial charge in [-0.1, -0.05) is 103 Å². The van der Waals surface area contributed by atoms with Gasteiger partial charge >= 0.3 is 0 Å². The van der Waals surface area contributed by atoms with E-state index in [1.165, 1.54) is 0 Å². The first-order valence-corrected chi connectivity index (χ1v) is 16.7. The summed E-state index contributed by atoms with van der Waals surface area (Å²) in [5.41, 5.74) is 11.4. The Kier molecular flexibility index (Phi) is 8.90. The summed E-state index contributed by atoms with van der Waals surface area (Å²) in [6, 6.07) is 39.3. The summed E-state index contributed by atoms with van der Waals surface area (Å²) in [7, 11) is 0. The molecule has 0 spiro atoms. The van der Waals surface area contributed by atoms with E-state index >= 15 is 0 Å². The second-order valence-electron chi connectivity index (χ2n) is 12.8. The van der Waals surface area contributed by atoms with E-state index in [2.05, 4.69) is 4.98 Å². The number of carbonyl (C=O) groups is 3. The first-order chi connectivity index (χ1) is 23.9. The van der Waals surface area contributed by atoms with E-state index < -0.39 is 18.0 Å². The normalized spacial score (nSPS) is 17.2. The van der Waals surface area contributed by atoms with Crippen LogP contribution in [0.3, 0.4) is 0 Å². The van der Waals surface area contributed by atoms with Crippen LogP contribution >= 0.6 is 0 Å². The van der Waals surface area contributed by atoms with E-state index in [1.807, 2.05) is 134 Å². The molecule has 7 heteroatoms. The topological polar surface area (TPSA) is 96.6 Å². The lowest BCUT2D eigenvalue weighted by Gasteiger charge is -2.36. The van der Waals surface area contributed by atoms with Gasteiger partial charge in [-0.2, -0.15) is 0 Å². The van der Waals surface area contributed by atoms with Gasteiger partial charge in [-0.25, -0.2) is 0 Å². The van der Waals surface area contributed by atoms with Crippen LogP contribution in [0.5, 0.6) is 0 Å². The summed E-state index contributed by atoms with van der Waals surface area (Å²) in [6.45, 7) is 2.27. The summed E-state index contributed by atoms with van der Waals surface area (Å²) < 4.78 is 0. The van der Waals surface area contributed by atoms with Crippen LogP contribution < -0.4 is 5.73 Å². The van der Waals surface area contributed by atoms with Gasteiger partial charge < -0.3 is 15.5 Å². The molecule has 3 atom stereocenters. The van der Waals surface area contributed by atoms with Crippen LogP contribution in [0.2, 0.25) is 0 Å². The average molecular weight is 647 g/mol. The molecule has 1 aliphatic heterocycles. The van der Waals surface area contributed by atoms with Crippen molar-refractivity contribution in [3.05, 3.63) is 150 Å². The fourth-order valence-electron chi connectivity index (χ4n) is 7.17. The number of nitrogens with two attached hydrogens (primary N) is 1. The third-order valence-corrected chi connectivity index (χ3v) is 9.68. The van der Waals surface area contributed by atoms with Crippen LogP contribution in [0.15, 0.2) is 134 Å². The number of rotatable bonds is 8. The third kappa shape index (κ3) is 6.52. The first-order valence-electron chi connectivity index (χ1n) is 16.7. The Morgan fingerprint density at radius 1 is 0.816 bits per heavy atom. The number of hydrogen-bond donors (Lipinski definition) is 1. The fraction of sp³-hybridized carbons (Fsp3) is 0.190. The molecule has 3 amide bonds. The zero-order valence-corrected chi connectivity index (χ0v) is 27.4. The third-order valence-electron chi connectivity index (χ3n) is 9.68. The Balaban J connectivity index is 1.29. The molecule has 2 heterocycles. The molecule has 2 N–H and O–H groups in total. The Bertz CT molecular complexity index is 2160. The molecule has 0 saturated carbocycles. The van der Waals surface area contributed by atoms with E-state index in [9.17, 15) is 14.4 Å². The van der Waals surface area contributed by atoms with Crippen molar-refractivity contribution in [1.82, 2.24) is 14.8 Å². The monoisotopic (exact) mass is 646 g/mol. The molecule has 244 valence electrons. The Morgan fingerprint density at radius 2 is 1.55 bits per heavy atom. The highest BCUT2D eigenvalue weighted by molar-refractivity contribution is 5.95. The summed E-state index contributed by atoms with van der Waals surface area (Å²) in [5, 5.41) is 3.01. The van der Waals surface area contributed by atoms with Gasteiger partial charge in [0, 0.05) is 30.6 Å². The average Bonchev–Trinajstić information content (AvgIpc) is 3.26.